The molecule has 2 aromatic rings. The molecule has 0 saturated heterocycles. The van der Waals surface area contributed by atoms with Crippen molar-refractivity contribution in [3.05, 3.63) is 51.5 Å². The summed E-state index contributed by atoms with van der Waals surface area (Å²) in [6.07, 6.45) is 0.976. The number of amides is 2. The molecule has 0 saturated carbocycles. The van der Waals surface area contributed by atoms with Crippen molar-refractivity contribution in [2.24, 2.45) is 5.10 Å². The normalized spacial score (nSPS) is 10.6. The molecule has 0 fully saturated rings. The number of hydrogen-bond acceptors (Lipinski definition) is 5. The molecule has 0 spiro atoms. The Balaban J connectivity index is 1.88. The van der Waals surface area contributed by atoms with Gasteiger partial charge in [-0.25, -0.2) is 5.43 Å². The van der Waals surface area contributed by atoms with Crippen LogP contribution in [0.4, 0.5) is 5.69 Å². The van der Waals surface area contributed by atoms with E-state index in [0.717, 1.165) is 0 Å². The van der Waals surface area contributed by atoms with E-state index in [1.54, 1.807) is 36.4 Å². The first-order chi connectivity index (χ1) is 12.4. The molecule has 2 amide bonds. The van der Waals surface area contributed by atoms with Crippen LogP contribution in [0.25, 0.3) is 0 Å². The van der Waals surface area contributed by atoms with Crippen molar-refractivity contribution < 1.29 is 19.4 Å². The second-order valence-corrected chi connectivity index (χ2v) is 6.37. The number of ether oxygens (including phenoxy) is 1. The summed E-state index contributed by atoms with van der Waals surface area (Å²) < 4.78 is 5.44. The first-order valence-corrected chi connectivity index (χ1v) is 8.50. The van der Waals surface area contributed by atoms with Crippen molar-refractivity contribution in [3.8, 4) is 11.5 Å². The number of hydrazone groups is 1. The number of nitrogens with one attached hydrogen (secondary N) is 2. The molecule has 0 radical (unpaired) electrons. The molecule has 26 heavy (non-hydrogen) atoms. The third-order valence-electron chi connectivity index (χ3n) is 3.12. The van der Waals surface area contributed by atoms with Gasteiger partial charge in [0.1, 0.15) is 6.42 Å². The zero-order chi connectivity index (χ0) is 19.1. The van der Waals surface area contributed by atoms with Gasteiger partial charge in [-0.3, -0.25) is 9.59 Å². The average molecular weight is 441 g/mol. The van der Waals surface area contributed by atoms with Gasteiger partial charge in [0.25, 0.3) is 0 Å². The van der Waals surface area contributed by atoms with Gasteiger partial charge in [-0.2, -0.15) is 5.10 Å². The number of rotatable bonds is 6. The quantitative estimate of drug-likeness (QED) is 0.364. The number of nitrogens with zero attached hydrogens (tertiary/aromatic N) is 1. The standard InChI is InChI=1S/C17H15BrClN3O4/c1-26-14-7-10(6-13(18)17(14)25)9-20-22-16(24)8-15(23)21-12-4-2-11(19)3-5-12/h2-7,9,25H,8H2,1H3,(H,21,23)(H,22,24). The highest BCUT2D eigenvalue weighted by Gasteiger charge is 2.10. The third kappa shape index (κ3) is 5.75. The molecule has 3 N–H and O–H groups in total. The molecular formula is C17H15BrClN3O4. The number of anilines is 1. The third-order valence-corrected chi connectivity index (χ3v) is 3.98. The minimum absolute atomic E-state index is 0.0347. The Morgan fingerprint density at radius 1 is 1.27 bits per heavy atom. The van der Waals surface area contributed by atoms with E-state index in [-0.39, 0.29) is 17.9 Å². The van der Waals surface area contributed by atoms with Gasteiger partial charge in [-0.05, 0) is 57.9 Å². The van der Waals surface area contributed by atoms with E-state index in [4.69, 9.17) is 16.3 Å². The molecule has 2 aromatic carbocycles. The van der Waals surface area contributed by atoms with Crippen molar-refractivity contribution in [3.63, 3.8) is 0 Å². The smallest absolute Gasteiger partial charge is 0.249 e. The number of hydrogen-bond donors (Lipinski definition) is 3. The van der Waals surface area contributed by atoms with E-state index < -0.39 is 11.8 Å². The maximum atomic E-state index is 11.8. The van der Waals surface area contributed by atoms with E-state index >= 15 is 0 Å². The summed E-state index contributed by atoms with van der Waals surface area (Å²) in [5, 5.41) is 16.6. The molecule has 0 aliphatic heterocycles. The number of benzene rings is 2. The van der Waals surface area contributed by atoms with E-state index in [9.17, 15) is 14.7 Å². The lowest BCUT2D eigenvalue weighted by Gasteiger charge is -2.06. The highest BCUT2D eigenvalue weighted by Crippen LogP contribution is 2.34. The molecule has 2 rings (SSSR count). The van der Waals surface area contributed by atoms with Gasteiger partial charge in [0.05, 0.1) is 17.8 Å². The van der Waals surface area contributed by atoms with Gasteiger partial charge in [0, 0.05) is 10.7 Å². The molecule has 0 bridgehead atoms. The second-order valence-electron chi connectivity index (χ2n) is 5.08. The maximum Gasteiger partial charge on any atom is 0.249 e. The number of phenols is 1. The van der Waals surface area contributed by atoms with Crippen LogP contribution in [0.5, 0.6) is 11.5 Å². The van der Waals surface area contributed by atoms with Crippen LogP contribution in [0.2, 0.25) is 5.02 Å². The van der Waals surface area contributed by atoms with Gasteiger partial charge < -0.3 is 15.2 Å². The van der Waals surface area contributed by atoms with Gasteiger partial charge >= 0.3 is 0 Å². The largest absolute Gasteiger partial charge is 0.503 e. The topological polar surface area (TPSA) is 100 Å². The van der Waals surface area contributed by atoms with Crippen molar-refractivity contribution in [1.82, 2.24) is 5.43 Å². The molecule has 0 heterocycles. The molecule has 9 heteroatoms. The predicted octanol–water partition coefficient (Wildman–Crippen LogP) is 3.30. The van der Waals surface area contributed by atoms with E-state index in [1.165, 1.54) is 13.3 Å². The second kappa shape index (κ2) is 9.21. The Morgan fingerprint density at radius 3 is 2.62 bits per heavy atom. The predicted molar refractivity (Wildman–Crippen MR) is 103 cm³/mol. The summed E-state index contributed by atoms with van der Waals surface area (Å²) in [5.74, 6) is -0.825. The molecule has 0 aliphatic carbocycles. The fourth-order valence-corrected chi connectivity index (χ4v) is 2.51. The number of methoxy groups -OCH3 is 1. The van der Waals surface area contributed by atoms with Gasteiger partial charge in [-0.15, -0.1) is 0 Å². The van der Waals surface area contributed by atoms with Crippen molar-refractivity contribution in [2.75, 3.05) is 12.4 Å². The van der Waals surface area contributed by atoms with E-state index in [1.807, 2.05) is 0 Å². The van der Waals surface area contributed by atoms with Crippen LogP contribution in [-0.2, 0) is 9.59 Å². The van der Waals surface area contributed by atoms with Crippen LogP contribution in [0, 0.1) is 0 Å². The van der Waals surface area contributed by atoms with Crippen LogP contribution < -0.4 is 15.5 Å². The number of carbonyl (C=O) groups excluding carboxylic acids is 2. The Morgan fingerprint density at radius 2 is 1.96 bits per heavy atom. The van der Waals surface area contributed by atoms with Crippen molar-refractivity contribution in [2.45, 2.75) is 6.42 Å². The monoisotopic (exact) mass is 439 g/mol. The zero-order valence-corrected chi connectivity index (χ0v) is 16.0. The summed E-state index contributed by atoms with van der Waals surface area (Å²) in [4.78, 5) is 23.6. The molecular weight excluding hydrogens is 426 g/mol. The summed E-state index contributed by atoms with van der Waals surface area (Å²) >= 11 is 8.95. The van der Waals surface area contributed by atoms with Crippen LogP contribution in [0.1, 0.15) is 12.0 Å². The number of halogens is 2. The number of carbonyl (C=O) groups is 2. The molecule has 0 aromatic heterocycles. The first kappa shape index (κ1) is 19.7. The van der Waals surface area contributed by atoms with Crippen LogP contribution in [-0.4, -0.2) is 30.2 Å². The molecule has 7 nitrogen and oxygen atoms in total. The minimum atomic E-state index is -0.572. The fourth-order valence-electron chi connectivity index (χ4n) is 1.93. The SMILES string of the molecule is COc1cc(C=NNC(=O)CC(=O)Nc2ccc(Cl)cc2)cc(Br)c1O. The average Bonchev–Trinajstić information content (AvgIpc) is 2.59. The summed E-state index contributed by atoms with van der Waals surface area (Å²) in [6, 6.07) is 9.67. The fraction of sp³-hybridized carbons (Fsp3) is 0.118. The molecule has 0 atom stereocenters. The van der Waals surface area contributed by atoms with Gasteiger partial charge in [-0.1, -0.05) is 11.6 Å². The number of phenolic OH excluding ortho intramolecular Hbond substituents is 1. The molecule has 0 unspecified atom stereocenters. The number of aromatic hydroxyl groups is 1. The zero-order valence-electron chi connectivity index (χ0n) is 13.6. The first-order valence-electron chi connectivity index (χ1n) is 7.33. The Hall–Kier alpha value is -2.58. The lowest BCUT2D eigenvalue weighted by Crippen LogP contribution is -2.24. The Labute approximate surface area is 163 Å². The lowest BCUT2D eigenvalue weighted by molar-refractivity contribution is -0.126. The maximum absolute atomic E-state index is 11.8. The summed E-state index contributed by atoms with van der Waals surface area (Å²) in [6.45, 7) is 0. The van der Waals surface area contributed by atoms with Crippen LogP contribution in [0.3, 0.4) is 0 Å². The Bertz CT molecular complexity index is 841. The Kier molecular flexibility index (Phi) is 6.99. The summed E-state index contributed by atoms with van der Waals surface area (Å²) in [5.41, 5.74) is 3.38. The van der Waals surface area contributed by atoms with E-state index in [2.05, 4.69) is 31.8 Å². The molecule has 0 aliphatic rings. The van der Waals surface area contributed by atoms with Crippen molar-refractivity contribution >= 4 is 51.2 Å². The van der Waals surface area contributed by atoms with Crippen LogP contribution in [0.15, 0.2) is 46.0 Å². The van der Waals surface area contributed by atoms with E-state index in [0.29, 0.717) is 20.7 Å². The highest BCUT2D eigenvalue weighted by molar-refractivity contribution is 9.10. The van der Waals surface area contributed by atoms with Crippen molar-refractivity contribution in [1.29, 1.82) is 0 Å². The van der Waals surface area contributed by atoms with Gasteiger partial charge in [0.15, 0.2) is 11.5 Å². The van der Waals surface area contributed by atoms with Crippen LogP contribution >= 0.6 is 27.5 Å². The minimum Gasteiger partial charge on any atom is -0.503 e. The highest BCUT2D eigenvalue weighted by atomic mass is 79.9. The summed E-state index contributed by atoms with van der Waals surface area (Å²) in [7, 11) is 1.42. The molecule has 136 valence electrons. The van der Waals surface area contributed by atoms with Gasteiger partial charge in [0.2, 0.25) is 11.8 Å². The lowest BCUT2D eigenvalue weighted by atomic mass is 10.2.